The Morgan fingerprint density at radius 1 is 1.44 bits per heavy atom. The topological polar surface area (TPSA) is 52.0 Å². The highest BCUT2D eigenvalue weighted by molar-refractivity contribution is 9.10. The summed E-state index contributed by atoms with van der Waals surface area (Å²) in [5, 5.41) is 1.04. The van der Waals surface area contributed by atoms with Crippen LogP contribution in [0.25, 0.3) is 10.9 Å². The summed E-state index contributed by atoms with van der Waals surface area (Å²) in [5.74, 6) is -0.0959. The van der Waals surface area contributed by atoms with Crippen molar-refractivity contribution in [1.82, 2.24) is 9.55 Å². The molecular formula is C11H7Br2ClN2O2. The van der Waals surface area contributed by atoms with Crippen LogP contribution in [0.5, 0.6) is 0 Å². The van der Waals surface area contributed by atoms with Crippen molar-refractivity contribution in [1.29, 1.82) is 0 Å². The average Bonchev–Trinajstić information content (AvgIpc) is 2.35. The van der Waals surface area contributed by atoms with E-state index in [2.05, 4.69) is 36.8 Å². The van der Waals surface area contributed by atoms with Gasteiger partial charge in [0.1, 0.15) is 0 Å². The van der Waals surface area contributed by atoms with Gasteiger partial charge in [-0.25, -0.2) is 4.98 Å². The molecule has 94 valence electrons. The molecule has 0 saturated carbocycles. The van der Waals surface area contributed by atoms with Crippen LogP contribution in [0.4, 0.5) is 0 Å². The molecule has 2 aromatic rings. The molecule has 0 bridgehead atoms. The van der Waals surface area contributed by atoms with Gasteiger partial charge in [0, 0.05) is 4.47 Å². The molecule has 1 aromatic carbocycles. The minimum absolute atomic E-state index is 0.000701. The van der Waals surface area contributed by atoms with Crippen LogP contribution in [0.3, 0.4) is 0 Å². The molecule has 0 fully saturated rings. The van der Waals surface area contributed by atoms with Crippen molar-refractivity contribution in [2.24, 2.45) is 0 Å². The Kier molecular flexibility index (Phi) is 4.19. The largest absolute Gasteiger partial charge is 0.297 e. The number of ketones is 1. The van der Waals surface area contributed by atoms with Crippen LogP contribution in [-0.4, -0.2) is 20.7 Å². The summed E-state index contributed by atoms with van der Waals surface area (Å²) in [4.78, 5) is 27.6. The highest BCUT2D eigenvalue weighted by atomic mass is 79.9. The highest BCUT2D eigenvalue weighted by Crippen LogP contribution is 2.25. The number of aromatic nitrogens is 2. The molecule has 0 aliphatic carbocycles. The lowest BCUT2D eigenvalue weighted by molar-refractivity contribution is -0.117. The smallest absolute Gasteiger partial charge is 0.261 e. The van der Waals surface area contributed by atoms with Gasteiger partial charge in [-0.05, 0) is 28.1 Å². The number of hydrogen-bond donors (Lipinski definition) is 0. The Balaban J connectivity index is 2.60. The van der Waals surface area contributed by atoms with Crippen molar-refractivity contribution < 1.29 is 4.79 Å². The number of hydrogen-bond acceptors (Lipinski definition) is 3. The second-order valence-corrected chi connectivity index (χ2v) is 5.46. The fraction of sp³-hybridized carbons (Fsp3) is 0.182. The molecule has 18 heavy (non-hydrogen) atoms. The SMILES string of the molecule is O=C(CBr)Cn1cnc2cc(Br)c(Cl)cc2c1=O. The lowest BCUT2D eigenvalue weighted by Crippen LogP contribution is -2.25. The monoisotopic (exact) mass is 392 g/mol. The van der Waals surface area contributed by atoms with Gasteiger partial charge < -0.3 is 0 Å². The standard InChI is InChI=1S/C11H7Br2ClN2O2/c12-3-6(17)4-16-5-15-10-2-8(13)9(14)1-7(10)11(16)18/h1-2,5H,3-4H2. The molecule has 0 radical (unpaired) electrons. The van der Waals surface area contributed by atoms with Crippen molar-refractivity contribution in [3.63, 3.8) is 0 Å². The maximum atomic E-state index is 12.1. The summed E-state index contributed by atoms with van der Waals surface area (Å²) in [6.07, 6.45) is 1.37. The van der Waals surface area contributed by atoms with E-state index in [-0.39, 0.29) is 23.2 Å². The van der Waals surface area contributed by atoms with Gasteiger partial charge in [0.05, 0.1) is 34.1 Å². The summed E-state index contributed by atoms with van der Waals surface area (Å²) >= 11 is 12.3. The third-order valence-corrected chi connectivity index (χ3v) is 4.18. The number of halogens is 3. The first-order chi connectivity index (χ1) is 8.52. The minimum Gasteiger partial charge on any atom is -0.297 e. The molecule has 0 aliphatic heterocycles. The van der Waals surface area contributed by atoms with E-state index < -0.39 is 0 Å². The number of carbonyl (C=O) groups excluding carboxylic acids is 1. The Bertz CT molecular complexity index is 685. The van der Waals surface area contributed by atoms with E-state index in [0.717, 1.165) is 0 Å². The highest BCUT2D eigenvalue weighted by Gasteiger charge is 2.09. The molecule has 0 amide bonds. The Morgan fingerprint density at radius 2 is 2.17 bits per heavy atom. The van der Waals surface area contributed by atoms with E-state index in [1.807, 2.05) is 0 Å². The number of fused-ring (bicyclic) bond motifs is 1. The number of alkyl halides is 1. The molecule has 1 heterocycles. The quantitative estimate of drug-likeness (QED) is 0.753. The van der Waals surface area contributed by atoms with E-state index in [4.69, 9.17) is 11.6 Å². The number of rotatable bonds is 3. The second kappa shape index (κ2) is 5.50. The zero-order chi connectivity index (χ0) is 13.3. The number of nitrogens with zero attached hydrogens (tertiary/aromatic N) is 2. The number of Topliss-reactive ketones (excluding diaryl/α,β-unsaturated/α-hetero) is 1. The molecule has 0 saturated heterocycles. The molecule has 0 unspecified atom stereocenters. The van der Waals surface area contributed by atoms with Gasteiger partial charge in [0.2, 0.25) is 0 Å². The van der Waals surface area contributed by atoms with E-state index >= 15 is 0 Å². The van der Waals surface area contributed by atoms with Gasteiger partial charge >= 0.3 is 0 Å². The van der Waals surface area contributed by atoms with Gasteiger partial charge in [-0.15, -0.1) is 0 Å². The van der Waals surface area contributed by atoms with E-state index in [0.29, 0.717) is 20.4 Å². The second-order valence-electron chi connectivity index (χ2n) is 3.63. The molecule has 1 aromatic heterocycles. The first kappa shape index (κ1) is 13.7. The zero-order valence-corrected chi connectivity index (χ0v) is 12.9. The molecule has 7 heteroatoms. The van der Waals surface area contributed by atoms with Gasteiger partial charge in [-0.3, -0.25) is 14.2 Å². The fourth-order valence-electron chi connectivity index (χ4n) is 1.50. The van der Waals surface area contributed by atoms with Crippen LogP contribution < -0.4 is 5.56 Å². The first-order valence-electron chi connectivity index (χ1n) is 4.95. The van der Waals surface area contributed by atoms with Crippen LogP contribution in [0, 0.1) is 0 Å². The van der Waals surface area contributed by atoms with Crippen molar-refractivity contribution in [3.8, 4) is 0 Å². The van der Waals surface area contributed by atoms with Crippen LogP contribution >= 0.6 is 43.5 Å². The number of carbonyl (C=O) groups is 1. The van der Waals surface area contributed by atoms with Crippen LogP contribution in [-0.2, 0) is 11.3 Å². The van der Waals surface area contributed by atoms with Gasteiger partial charge in [0.15, 0.2) is 5.78 Å². The van der Waals surface area contributed by atoms with Crippen molar-refractivity contribution in [2.45, 2.75) is 6.54 Å². The lowest BCUT2D eigenvalue weighted by Gasteiger charge is -2.05. The molecule has 0 atom stereocenters. The zero-order valence-electron chi connectivity index (χ0n) is 8.99. The van der Waals surface area contributed by atoms with Crippen LogP contribution in [0.1, 0.15) is 0 Å². The average molecular weight is 394 g/mol. The number of benzene rings is 1. The molecule has 4 nitrogen and oxygen atoms in total. The maximum absolute atomic E-state index is 12.1. The predicted molar refractivity (Wildman–Crippen MR) is 77.5 cm³/mol. The Labute approximate surface area is 124 Å². The maximum Gasteiger partial charge on any atom is 0.261 e. The Morgan fingerprint density at radius 3 is 2.83 bits per heavy atom. The Hall–Kier alpha value is -0.720. The normalized spacial score (nSPS) is 10.8. The molecule has 0 spiro atoms. The van der Waals surface area contributed by atoms with Crippen LogP contribution in [0.2, 0.25) is 5.02 Å². The van der Waals surface area contributed by atoms with E-state index in [1.165, 1.54) is 10.9 Å². The van der Waals surface area contributed by atoms with Crippen molar-refractivity contribution in [2.75, 3.05) is 5.33 Å². The third-order valence-electron chi connectivity index (χ3n) is 2.36. The molecule has 2 rings (SSSR count). The third kappa shape index (κ3) is 2.65. The van der Waals surface area contributed by atoms with Crippen molar-refractivity contribution >= 4 is 60.1 Å². The van der Waals surface area contributed by atoms with Gasteiger partial charge in [-0.2, -0.15) is 0 Å². The van der Waals surface area contributed by atoms with Gasteiger partial charge in [0.25, 0.3) is 5.56 Å². The van der Waals surface area contributed by atoms with E-state index in [9.17, 15) is 9.59 Å². The van der Waals surface area contributed by atoms with Crippen molar-refractivity contribution in [3.05, 3.63) is 38.3 Å². The van der Waals surface area contributed by atoms with E-state index in [1.54, 1.807) is 12.1 Å². The molecular weight excluding hydrogens is 387 g/mol. The first-order valence-corrected chi connectivity index (χ1v) is 7.24. The molecule has 0 N–H and O–H groups in total. The molecule has 0 aliphatic rings. The summed E-state index contributed by atoms with van der Waals surface area (Å²) in [6, 6.07) is 3.22. The summed E-state index contributed by atoms with van der Waals surface area (Å²) in [7, 11) is 0. The predicted octanol–water partition coefficient (Wildman–Crippen LogP) is 2.78. The van der Waals surface area contributed by atoms with Crippen LogP contribution in [0.15, 0.2) is 27.7 Å². The summed E-state index contributed by atoms with van der Waals surface area (Å²) in [5.41, 5.74) is 0.266. The summed E-state index contributed by atoms with van der Waals surface area (Å²) < 4.78 is 1.95. The lowest BCUT2D eigenvalue weighted by atomic mass is 10.2. The fourth-order valence-corrected chi connectivity index (χ4v) is 2.17. The summed E-state index contributed by atoms with van der Waals surface area (Å²) in [6.45, 7) is 0.000701. The van der Waals surface area contributed by atoms with Gasteiger partial charge in [-0.1, -0.05) is 27.5 Å². The minimum atomic E-state index is -0.274.